The molecule has 0 aromatic heterocycles. The van der Waals surface area contributed by atoms with E-state index in [0.717, 1.165) is 11.1 Å². The molecule has 1 fully saturated rings. The van der Waals surface area contributed by atoms with Gasteiger partial charge in [-0.1, -0.05) is 60.7 Å². The molecule has 34 heavy (non-hydrogen) atoms. The Morgan fingerprint density at radius 2 is 0.971 bits per heavy atom. The van der Waals surface area contributed by atoms with E-state index >= 15 is 0 Å². The third-order valence-corrected chi connectivity index (χ3v) is 6.14. The third-order valence-electron chi connectivity index (χ3n) is 6.14. The van der Waals surface area contributed by atoms with Crippen LogP contribution < -0.4 is 0 Å². The van der Waals surface area contributed by atoms with Gasteiger partial charge in [0.2, 0.25) is 11.9 Å². The Balaban J connectivity index is 1.29. The van der Waals surface area contributed by atoms with Gasteiger partial charge in [0.25, 0.3) is 11.8 Å². The van der Waals surface area contributed by atoms with E-state index < -0.39 is 0 Å². The van der Waals surface area contributed by atoms with E-state index in [-0.39, 0.29) is 11.8 Å². The molecule has 0 saturated carbocycles. The first-order valence-electron chi connectivity index (χ1n) is 11.3. The molecule has 0 unspecified atom stereocenters. The van der Waals surface area contributed by atoms with Crippen molar-refractivity contribution in [2.75, 3.05) is 40.3 Å². The van der Waals surface area contributed by atoms with E-state index in [4.69, 9.17) is 0 Å². The average Bonchev–Trinajstić information content (AvgIpc) is 3.31. The minimum absolute atomic E-state index is 0.109. The highest BCUT2D eigenvalue weighted by molar-refractivity contribution is 6.14. The van der Waals surface area contributed by atoms with Crippen molar-refractivity contribution in [2.45, 2.75) is 0 Å². The largest absolute Gasteiger partial charge is 0.339 e. The fourth-order valence-electron chi connectivity index (χ4n) is 4.26. The van der Waals surface area contributed by atoms with E-state index in [0.29, 0.717) is 49.5 Å². The number of carbonyl (C=O) groups is 2. The predicted octanol–water partition coefficient (Wildman–Crippen LogP) is 2.34. The Morgan fingerprint density at radius 3 is 1.32 bits per heavy atom. The Bertz CT molecular complexity index is 1130. The molecule has 2 aromatic rings. The maximum absolute atomic E-state index is 12.7. The molecule has 0 spiro atoms. The third kappa shape index (κ3) is 4.10. The Hall–Kier alpha value is -4.20. The number of rotatable bonds is 2. The van der Waals surface area contributed by atoms with Crippen LogP contribution in [0.1, 0.15) is 11.1 Å². The molecule has 172 valence electrons. The molecule has 3 aliphatic heterocycles. The van der Waals surface area contributed by atoms with Gasteiger partial charge in [0.1, 0.15) is 11.4 Å². The van der Waals surface area contributed by atoms with Gasteiger partial charge in [0.05, 0.1) is 0 Å². The van der Waals surface area contributed by atoms with Gasteiger partial charge in [-0.25, -0.2) is 9.98 Å². The molecule has 3 heterocycles. The van der Waals surface area contributed by atoms with Crippen LogP contribution in [0.3, 0.4) is 0 Å². The number of hydrogen-bond acceptors (Lipinski definition) is 6. The van der Waals surface area contributed by atoms with Crippen LogP contribution >= 0.6 is 0 Å². The summed E-state index contributed by atoms with van der Waals surface area (Å²) in [4.78, 5) is 42.2. The van der Waals surface area contributed by atoms with E-state index in [1.807, 2.05) is 72.8 Å². The van der Waals surface area contributed by atoms with Crippen molar-refractivity contribution in [3.8, 4) is 0 Å². The SMILES string of the molecule is CN1C(=O)/C(=C/c2ccccc2)N=C1N1CCN(C2=N/C(=C\c3ccccc3)C(=O)N2C)CC1. The van der Waals surface area contributed by atoms with E-state index in [2.05, 4.69) is 19.8 Å². The molecule has 8 heteroatoms. The maximum atomic E-state index is 12.7. The Morgan fingerprint density at radius 1 is 0.618 bits per heavy atom. The second-order valence-corrected chi connectivity index (χ2v) is 8.41. The normalized spacial score (nSPS) is 21.1. The molecule has 2 amide bonds. The van der Waals surface area contributed by atoms with Gasteiger partial charge in [0.15, 0.2) is 0 Å². The number of guanidine groups is 2. The van der Waals surface area contributed by atoms with Crippen LogP contribution in [0.2, 0.25) is 0 Å². The van der Waals surface area contributed by atoms with Gasteiger partial charge in [-0.2, -0.15) is 0 Å². The van der Waals surface area contributed by atoms with Gasteiger partial charge in [-0.05, 0) is 23.3 Å². The zero-order valence-corrected chi connectivity index (χ0v) is 19.3. The van der Waals surface area contributed by atoms with Gasteiger partial charge in [0, 0.05) is 40.3 Å². The van der Waals surface area contributed by atoms with Crippen molar-refractivity contribution in [2.24, 2.45) is 9.98 Å². The Labute approximate surface area is 198 Å². The van der Waals surface area contributed by atoms with Crippen molar-refractivity contribution >= 4 is 35.9 Å². The number of piperazine rings is 1. The van der Waals surface area contributed by atoms with Crippen LogP contribution in [0.4, 0.5) is 0 Å². The fourth-order valence-corrected chi connectivity index (χ4v) is 4.26. The number of nitrogens with zero attached hydrogens (tertiary/aromatic N) is 6. The van der Waals surface area contributed by atoms with Crippen LogP contribution in [0.25, 0.3) is 12.2 Å². The van der Waals surface area contributed by atoms with E-state index in [1.165, 1.54) is 0 Å². The second-order valence-electron chi connectivity index (χ2n) is 8.41. The van der Waals surface area contributed by atoms with Crippen molar-refractivity contribution in [3.63, 3.8) is 0 Å². The molecule has 1 saturated heterocycles. The lowest BCUT2D eigenvalue weighted by Gasteiger charge is -2.38. The van der Waals surface area contributed by atoms with E-state index in [1.54, 1.807) is 23.9 Å². The lowest BCUT2D eigenvalue weighted by Crippen LogP contribution is -2.55. The summed E-state index contributed by atoms with van der Waals surface area (Å²) in [7, 11) is 3.51. The first-order valence-corrected chi connectivity index (χ1v) is 11.3. The number of likely N-dealkylation sites (N-methyl/N-ethyl adjacent to an activating group) is 2. The number of benzene rings is 2. The quantitative estimate of drug-likeness (QED) is 0.653. The summed E-state index contributed by atoms with van der Waals surface area (Å²) < 4.78 is 0. The summed E-state index contributed by atoms with van der Waals surface area (Å²) in [6.07, 6.45) is 3.63. The molecule has 2 aromatic carbocycles. The van der Waals surface area contributed by atoms with Gasteiger partial charge in [-0.3, -0.25) is 19.4 Å². The topological polar surface area (TPSA) is 71.8 Å². The first kappa shape index (κ1) is 21.6. The molecule has 0 radical (unpaired) electrons. The average molecular weight is 455 g/mol. The molecular weight excluding hydrogens is 428 g/mol. The molecule has 5 rings (SSSR count). The molecule has 0 N–H and O–H groups in total. The van der Waals surface area contributed by atoms with Crippen LogP contribution in [0.15, 0.2) is 82.0 Å². The summed E-state index contributed by atoms with van der Waals surface area (Å²) >= 11 is 0. The van der Waals surface area contributed by atoms with Gasteiger partial charge in [-0.15, -0.1) is 0 Å². The number of carbonyl (C=O) groups excluding carboxylic acids is 2. The lowest BCUT2D eigenvalue weighted by molar-refractivity contribution is -0.123. The van der Waals surface area contributed by atoms with Crippen LogP contribution in [0, 0.1) is 0 Å². The Kier molecular flexibility index (Phi) is 5.71. The predicted molar refractivity (Wildman–Crippen MR) is 132 cm³/mol. The number of aliphatic imine (C=N–C) groups is 2. The summed E-state index contributed by atoms with van der Waals surface area (Å²) in [5, 5.41) is 0. The standard InChI is InChI=1S/C26H26N6O2/c1-29-23(33)21(17-19-9-5-3-6-10-19)27-25(29)31-13-15-32(16-14-31)26-28-22(24(34)30(26)2)18-20-11-7-4-8-12-20/h3-12,17-18H,13-16H2,1-2H3/b21-17-,22-18-. The summed E-state index contributed by atoms with van der Waals surface area (Å²) in [5.41, 5.74) is 2.76. The van der Waals surface area contributed by atoms with Crippen molar-refractivity contribution < 1.29 is 9.59 Å². The minimum atomic E-state index is -0.109. The first-order chi connectivity index (χ1) is 16.5. The second kappa shape index (κ2) is 8.97. The van der Waals surface area contributed by atoms with Crippen LogP contribution in [-0.4, -0.2) is 83.6 Å². The summed E-state index contributed by atoms with van der Waals surface area (Å²) in [6.45, 7) is 2.70. The van der Waals surface area contributed by atoms with Crippen LogP contribution in [0.5, 0.6) is 0 Å². The van der Waals surface area contributed by atoms with Crippen molar-refractivity contribution in [3.05, 3.63) is 83.2 Å². The summed E-state index contributed by atoms with van der Waals surface area (Å²) in [6, 6.07) is 19.4. The zero-order chi connectivity index (χ0) is 23.7. The number of hydrogen-bond donors (Lipinski definition) is 0. The maximum Gasteiger partial charge on any atom is 0.279 e. The van der Waals surface area contributed by atoms with Crippen molar-refractivity contribution in [1.29, 1.82) is 0 Å². The summed E-state index contributed by atoms with van der Waals surface area (Å²) in [5.74, 6) is 1.11. The molecule has 8 nitrogen and oxygen atoms in total. The van der Waals surface area contributed by atoms with Gasteiger partial charge < -0.3 is 9.80 Å². The molecule has 0 bridgehead atoms. The molecular formula is C26H26N6O2. The lowest BCUT2D eigenvalue weighted by atomic mass is 10.2. The van der Waals surface area contributed by atoms with Gasteiger partial charge >= 0.3 is 0 Å². The smallest absolute Gasteiger partial charge is 0.279 e. The van der Waals surface area contributed by atoms with Crippen molar-refractivity contribution in [1.82, 2.24) is 19.6 Å². The molecule has 0 aliphatic carbocycles. The highest BCUT2D eigenvalue weighted by Crippen LogP contribution is 2.22. The highest BCUT2D eigenvalue weighted by atomic mass is 16.2. The molecule has 0 atom stereocenters. The highest BCUT2D eigenvalue weighted by Gasteiger charge is 2.35. The van der Waals surface area contributed by atoms with E-state index in [9.17, 15) is 9.59 Å². The van der Waals surface area contributed by atoms with Crippen LogP contribution in [-0.2, 0) is 9.59 Å². The number of amides is 2. The zero-order valence-electron chi connectivity index (χ0n) is 19.3. The monoisotopic (exact) mass is 454 g/mol. The molecule has 3 aliphatic rings. The minimum Gasteiger partial charge on any atom is -0.339 e. The fraction of sp³-hybridized carbons (Fsp3) is 0.231.